The van der Waals surface area contributed by atoms with Crippen molar-refractivity contribution in [2.45, 2.75) is 19.2 Å². The monoisotopic (exact) mass is 422 g/mol. The molecule has 3 aromatic rings. The molecule has 0 spiro atoms. The number of aromatic nitrogens is 3. The van der Waals surface area contributed by atoms with Gasteiger partial charge in [0.25, 0.3) is 5.91 Å². The summed E-state index contributed by atoms with van der Waals surface area (Å²) < 4.78 is 19.3. The first-order valence-corrected chi connectivity index (χ1v) is 10.3. The Labute approximate surface area is 178 Å². The van der Waals surface area contributed by atoms with Gasteiger partial charge in [0.2, 0.25) is 0 Å². The van der Waals surface area contributed by atoms with E-state index < -0.39 is 5.82 Å². The minimum atomic E-state index is -0.442. The molecule has 1 atom stereocenters. The molecule has 1 aromatic carbocycles. The maximum Gasteiger partial charge on any atom is 0.270 e. The highest BCUT2D eigenvalue weighted by Crippen LogP contribution is 2.24. The van der Waals surface area contributed by atoms with E-state index in [1.807, 2.05) is 24.3 Å². The van der Waals surface area contributed by atoms with Gasteiger partial charge in [0.05, 0.1) is 23.3 Å². The first-order chi connectivity index (χ1) is 15.2. The number of fused-ring (bicyclic) bond motifs is 1. The topological polar surface area (TPSA) is 95.2 Å². The standard InChI is InChI=1S/C22H23FN6O2/c23-15-4-3-8-24-18(15)10-25-21(30)19-13-31-22(28-19)14-11-29(12-14)9-7-20-26-16-5-1-2-6-17(16)27-20/h1-6,8,13-14,22,28H,7,9-12H2,(H,25,30)(H,26,27). The van der Waals surface area contributed by atoms with Crippen molar-refractivity contribution in [2.24, 2.45) is 5.92 Å². The molecule has 1 fully saturated rings. The van der Waals surface area contributed by atoms with E-state index in [1.165, 1.54) is 24.6 Å². The first kappa shape index (κ1) is 19.5. The van der Waals surface area contributed by atoms with Gasteiger partial charge in [0.15, 0.2) is 6.23 Å². The second kappa shape index (κ2) is 8.35. The Balaban J connectivity index is 1.04. The third-order valence-corrected chi connectivity index (χ3v) is 5.64. The average molecular weight is 422 g/mol. The van der Waals surface area contributed by atoms with E-state index in [4.69, 9.17) is 4.74 Å². The number of benzene rings is 1. The third-order valence-electron chi connectivity index (χ3n) is 5.64. The molecule has 2 aliphatic rings. The van der Waals surface area contributed by atoms with Gasteiger partial charge in [-0.15, -0.1) is 0 Å². The van der Waals surface area contributed by atoms with Gasteiger partial charge < -0.3 is 25.3 Å². The van der Waals surface area contributed by atoms with Crippen LogP contribution in [0.2, 0.25) is 0 Å². The predicted molar refractivity (Wildman–Crippen MR) is 112 cm³/mol. The van der Waals surface area contributed by atoms with Gasteiger partial charge in [0, 0.05) is 38.2 Å². The Morgan fingerprint density at radius 2 is 2.13 bits per heavy atom. The summed E-state index contributed by atoms with van der Waals surface area (Å²) in [6.07, 6.45) is 3.56. The number of halogens is 1. The Hall–Kier alpha value is -3.46. The molecule has 0 bridgehead atoms. The van der Waals surface area contributed by atoms with Crippen molar-refractivity contribution < 1.29 is 13.9 Å². The summed E-state index contributed by atoms with van der Waals surface area (Å²) in [6.45, 7) is 2.72. The second-order valence-electron chi connectivity index (χ2n) is 7.82. The van der Waals surface area contributed by atoms with Crippen molar-refractivity contribution in [1.82, 2.24) is 30.5 Å². The lowest BCUT2D eigenvalue weighted by Crippen LogP contribution is -2.55. The van der Waals surface area contributed by atoms with E-state index in [-0.39, 0.29) is 24.4 Å². The zero-order valence-electron chi connectivity index (χ0n) is 16.8. The number of hydrogen-bond acceptors (Lipinski definition) is 6. The molecule has 1 unspecified atom stereocenters. The lowest BCUT2D eigenvalue weighted by Gasteiger charge is -2.41. The van der Waals surface area contributed by atoms with Crippen molar-refractivity contribution in [3.63, 3.8) is 0 Å². The molecular formula is C22H23FN6O2. The number of nitrogens with zero attached hydrogens (tertiary/aromatic N) is 3. The van der Waals surface area contributed by atoms with Crippen LogP contribution in [0.1, 0.15) is 11.5 Å². The van der Waals surface area contributed by atoms with Gasteiger partial charge in [-0.3, -0.25) is 9.78 Å². The van der Waals surface area contributed by atoms with Crippen molar-refractivity contribution in [3.05, 3.63) is 71.9 Å². The molecule has 2 aliphatic heterocycles. The number of carbonyl (C=O) groups excluding carboxylic acids is 1. The first-order valence-electron chi connectivity index (χ1n) is 10.3. The van der Waals surface area contributed by atoms with Crippen molar-refractivity contribution in [3.8, 4) is 0 Å². The molecule has 1 amide bonds. The molecular weight excluding hydrogens is 399 g/mol. The van der Waals surface area contributed by atoms with Crippen molar-refractivity contribution in [1.29, 1.82) is 0 Å². The van der Waals surface area contributed by atoms with Crippen LogP contribution in [0.5, 0.6) is 0 Å². The van der Waals surface area contributed by atoms with Crippen LogP contribution in [0.4, 0.5) is 4.39 Å². The fourth-order valence-electron chi connectivity index (χ4n) is 3.89. The normalized spacial score (nSPS) is 18.9. The van der Waals surface area contributed by atoms with Crippen LogP contribution in [0, 0.1) is 11.7 Å². The molecule has 8 nitrogen and oxygen atoms in total. The number of nitrogens with one attached hydrogen (secondary N) is 3. The summed E-state index contributed by atoms with van der Waals surface area (Å²) in [5.41, 5.74) is 2.60. The summed E-state index contributed by atoms with van der Waals surface area (Å²) in [4.78, 5) is 26.5. The van der Waals surface area contributed by atoms with Crippen LogP contribution in [0.15, 0.2) is 54.6 Å². The number of carbonyl (C=O) groups is 1. The van der Waals surface area contributed by atoms with Gasteiger partial charge >= 0.3 is 0 Å². The van der Waals surface area contributed by atoms with Crippen LogP contribution in [0.25, 0.3) is 11.0 Å². The van der Waals surface area contributed by atoms with E-state index in [0.29, 0.717) is 11.6 Å². The lowest BCUT2D eigenvalue weighted by molar-refractivity contribution is -0.118. The number of amides is 1. The Kier molecular flexibility index (Phi) is 5.25. The number of imidazole rings is 1. The molecule has 5 rings (SSSR count). The summed E-state index contributed by atoms with van der Waals surface area (Å²) in [5.74, 6) is 0.506. The fourth-order valence-corrected chi connectivity index (χ4v) is 3.89. The minimum absolute atomic E-state index is 0.0220. The number of rotatable bonds is 7. The zero-order chi connectivity index (χ0) is 21.2. The number of H-pyrrole nitrogens is 1. The molecule has 4 heterocycles. The van der Waals surface area contributed by atoms with Crippen LogP contribution in [-0.4, -0.2) is 51.6 Å². The molecule has 0 radical (unpaired) electrons. The quantitative estimate of drug-likeness (QED) is 0.536. The molecule has 2 aromatic heterocycles. The number of hydrogen-bond donors (Lipinski definition) is 3. The molecule has 1 saturated heterocycles. The van der Waals surface area contributed by atoms with Gasteiger partial charge in [-0.05, 0) is 24.3 Å². The largest absolute Gasteiger partial charge is 0.476 e. The van der Waals surface area contributed by atoms with Crippen molar-refractivity contribution in [2.75, 3.05) is 19.6 Å². The van der Waals surface area contributed by atoms with Gasteiger partial charge in [0.1, 0.15) is 23.6 Å². The number of para-hydroxylation sites is 2. The number of likely N-dealkylation sites (tertiary alicyclic amines) is 1. The van der Waals surface area contributed by atoms with Crippen LogP contribution in [0.3, 0.4) is 0 Å². The van der Waals surface area contributed by atoms with E-state index in [1.54, 1.807) is 0 Å². The smallest absolute Gasteiger partial charge is 0.270 e. The van der Waals surface area contributed by atoms with Crippen LogP contribution < -0.4 is 10.6 Å². The zero-order valence-corrected chi connectivity index (χ0v) is 16.8. The molecule has 0 saturated carbocycles. The molecule has 0 aliphatic carbocycles. The highest BCUT2D eigenvalue weighted by atomic mass is 19.1. The Morgan fingerprint density at radius 3 is 2.97 bits per heavy atom. The van der Waals surface area contributed by atoms with E-state index >= 15 is 0 Å². The van der Waals surface area contributed by atoms with Crippen LogP contribution >= 0.6 is 0 Å². The highest BCUT2D eigenvalue weighted by Gasteiger charge is 2.37. The number of pyridine rings is 1. The summed E-state index contributed by atoms with van der Waals surface area (Å²) >= 11 is 0. The van der Waals surface area contributed by atoms with Crippen LogP contribution in [-0.2, 0) is 22.5 Å². The van der Waals surface area contributed by atoms with E-state index in [0.717, 1.165) is 42.9 Å². The SMILES string of the molecule is O=C(NCc1ncccc1F)C1=COC(C2CN(CCc3nc4ccccc4[nH]3)C2)N1. The summed E-state index contributed by atoms with van der Waals surface area (Å²) in [5, 5.41) is 5.79. The molecule has 31 heavy (non-hydrogen) atoms. The number of aromatic amines is 1. The second-order valence-corrected chi connectivity index (χ2v) is 7.82. The minimum Gasteiger partial charge on any atom is -0.476 e. The lowest BCUT2D eigenvalue weighted by atomic mass is 9.98. The number of ether oxygens (including phenoxy) is 1. The molecule has 9 heteroatoms. The van der Waals surface area contributed by atoms with E-state index in [9.17, 15) is 9.18 Å². The highest BCUT2D eigenvalue weighted by molar-refractivity contribution is 5.92. The Bertz CT molecular complexity index is 1090. The fraction of sp³-hybridized carbons (Fsp3) is 0.318. The average Bonchev–Trinajstić information content (AvgIpc) is 3.39. The van der Waals surface area contributed by atoms with Gasteiger partial charge in [-0.25, -0.2) is 9.37 Å². The third kappa shape index (κ3) is 4.22. The van der Waals surface area contributed by atoms with Crippen molar-refractivity contribution >= 4 is 16.9 Å². The summed E-state index contributed by atoms with van der Waals surface area (Å²) in [7, 11) is 0. The Morgan fingerprint density at radius 1 is 1.26 bits per heavy atom. The van der Waals surface area contributed by atoms with Gasteiger partial charge in [-0.2, -0.15) is 0 Å². The predicted octanol–water partition coefficient (Wildman–Crippen LogP) is 1.67. The van der Waals surface area contributed by atoms with E-state index in [2.05, 4.69) is 30.5 Å². The molecule has 3 N–H and O–H groups in total. The molecule has 160 valence electrons. The van der Waals surface area contributed by atoms with Gasteiger partial charge in [-0.1, -0.05) is 12.1 Å². The maximum absolute atomic E-state index is 13.6. The summed E-state index contributed by atoms with van der Waals surface area (Å²) in [6, 6.07) is 10.9. The maximum atomic E-state index is 13.6.